The molecular formula is F3Li3O9S3. The summed E-state index contributed by atoms with van der Waals surface area (Å²) in [5, 5.41) is 0. The third-order valence-corrected chi connectivity index (χ3v) is 0. The topological polar surface area (TPSA) is 172 Å². The minimum Gasteiger partial charge on any atom is -0.722 e. The third-order valence-electron chi connectivity index (χ3n) is 0. The van der Waals surface area contributed by atoms with Gasteiger partial charge in [0.15, 0.2) is 0 Å². The van der Waals surface area contributed by atoms with Crippen LogP contribution in [0.5, 0.6) is 0 Å². The largest absolute Gasteiger partial charge is 1.00 e. The Bertz CT molecular complexity index is 353. The van der Waals surface area contributed by atoms with Crippen LogP contribution < -0.4 is 56.6 Å². The summed E-state index contributed by atoms with van der Waals surface area (Å²) < 4.78 is 106. The summed E-state index contributed by atoms with van der Waals surface area (Å²) >= 11 is 0. The maximum Gasteiger partial charge on any atom is 1.00 e. The standard InChI is InChI=1S/3FHO3S.3Li/c3*1-5(2,3)4;;;/h3*(H,2,3,4);;;/q;;;3*+1/p-3. The molecule has 18 heavy (non-hydrogen) atoms. The van der Waals surface area contributed by atoms with Gasteiger partial charge in [-0.1, -0.05) is 0 Å². The molecule has 0 aliphatic carbocycles. The zero-order chi connectivity index (χ0) is 13.5. The minimum atomic E-state index is -5.42. The van der Waals surface area contributed by atoms with Gasteiger partial charge in [0.25, 0.3) is 31.5 Å². The molecule has 0 aliphatic heterocycles. The Hall–Kier alpha value is 1.31. The average molecular weight is 318 g/mol. The Labute approximate surface area is 138 Å². The van der Waals surface area contributed by atoms with Gasteiger partial charge in [-0.3, -0.25) is 0 Å². The van der Waals surface area contributed by atoms with Gasteiger partial charge >= 0.3 is 56.6 Å². The number of hydrogen-bond acceptors (Lipinski definition) is 9. The van der Waals surface area contributed by atoms with Crippen molar-refractivity contribution < 1.29 is 107 Å². The molecule has 0 aliphatic rings. The van der Waals surface area contributed by atoms with E-state index in [0.717, 1.165) is 0 Å². The Morgan fingerprint density at radius 1 is 0.500 bits per heavy atom. The molecule has 0 saturated heterocycles. The van der Waals surface area contributed by atoms with E-state index in [1.807, 2.05) is 0 Å². The summed E-state index contributed by atoms with van der Waals surface area (Å²) in [6, 6.07) is 0. The van der Waals surface area contributed by atoms with Gasteiger partial charge in [0.1, 0.15) is 0 Å². The summed E-state index contributed by atoms with van der Waals surface area (Å²) in [5.41, 5.74) is 0. The SMILES string of the molecule is O=S(=O)([O-])F.O=S(=O)([O-])F.O=S(=O)([O-])F.[Li+].[Li+].[Li+]. The van der Waals surface area contributed by atoms with E-state index in [-0.39, 0.29) is 56.6 Å². The molecule has 0 N–H and O–H groups in total. The first-order chi connectivity index (χ1) is 6.00. The smallest absolute Gasteiger partial charge is 0.722 e. The van der Waals surface area contributed by atoms with E-state index in [0.29, 0.717) is 0 Å². The van der Waals surface area contributed by atoms with Gasteiger partial charge in [0.05, 0.1) is 0 Å². The summed E-state index contributed by atoms with van der Waals surface area (Å²) in [5.74, 6) is 0. The molecule has 0 rings (SSSR count). The molecule has 0 aromatic rings. The third kappa shape index (κ3) is 2680. The first-order valence-corrected chi connectivity index (χ1v) is 5.89. The van der Waals surface area contributed by atoms with Gasteiger partial charge in [0, 0.05) is 0 Å². The Morgan fingerprint density at radius 2 is 0.500 bits per heavy atom. The van der Waals surface area contributed by atoms with Crippen molar-refractivity contribution in [2.75, 3.05) is 0 Å². The van der Waals surface area contributed by atoms with Gasteiger partial charge < -0.3 is 13.7 Å². The quantitative estimate of drug-likeness (QED) is 0.239. The summed E-state index contributed by atoms with van der Waals surface area (Å²) in [4.78, 5) is 0. The molecule has 0 heterocycles. The van der Waals surface area contributed by atoms with Crippen molar-refractivity contribution in [3.63, 3.8) is 0 Å². The summed E-state index contributed by atoms with van der Waals surface area (Å²) in [7, 11) is -16.2. The van der Waals surface area contributed by atoms with E-state index in [1.54, 1.807) is 0 Å². The molecule has 9 nitrogen and oxygen atoms in total. The first-order valence-electron chi connectivity index (χ1n) is 1.96. The second kappa shape index (κ2) is 14.7. The molecular weight excluding hydrogens is 318 g/mol. The fraction of sp³-hybridized carbons (Fsp3) is 0. The molecule has 0 bridgehead atoms. The molecule has 96 valence electrons. The van der Waals surface area contributed by atoms with Gasteiger partial charge in [-0.25, -0.2) is 25.3 Å². The molecule has 0 atom stereocenters. The van der Waals surface area contributed by atoms with E-state index >= 15 is 0 Å². The number of halogens is 3. The molecule has 0 spiro atoms. The van der Waals surface area contributed by atoms with E-state index in [2.05, 4.69) is 0 Å². The predicted molar refractivity (Wildman–Crippen MR) is 32.4 cm³/mol. The van der Waals surface area contributed by atoms with Crippen molar-refractivity contribution in [3.05, 3.63) is 0 Å². The molecule has 0 amide bonds. The van der Waals surface area contributed by atoms with E-state index in [1.165, 1.54) is 0 Å². The van der Waals surface area contributed by atoms with Gasteiger partial charge in [-0.2, -0.15) is 0 Å². The van der Waals surface area contributed by atoms with Crippen LogP contribution in [0.25, 0.3) is 0 Å². The zero-order valence-electron chi connectivity index (χ0n) is 9.03. The van der Waals surface area contributed by atoms with Gasteiger partial charge in [0.2, 0.25) is 0 Å². The Morgan fingerprint density at radius 3 is 0.500 bits per heavy atom. The van der Waals surface area contributed by atoms with Crippen LogP contribution in [-0.2, 0) is 31.5 Å². The van der Waals surface area contributed by atoms with Crippen LogP contribution in [0, 0.1) is 0 Å². The average Bonchev–Trinajstić information content (AvgIpc) is 1.41. The van der Waals surface area contributed by atoms with E-state index < -0.39 is 31.5 Å². The number of hydrogen-bond donors (Lipinski definition) is 0. The molecule has 0 radical (unpaired) electrons. The van der Waals surface area contributed by atoms with Crippen molar-refractivity contribution in [2.24, 2.45) is 0 Å². The normalized spacial score (nSPS) is 9.67. The van der Waals surface area contributed by atoms with Crippen LogP contribution in [0.15, 0.2) is 0 Å². The van der Waals surface area contributed by atoms with Gasteiger partial charge in [-0.15, -0.1) is 11.7 Å². The molecule has 18 heteroatoms. The van der Waals surface area contributed by atoms with E-state index in [4.69, 9.17) is 38.9 Å². The molecule has 0 saturated carbocycles. The monoisotopic (exact) mass is 318 g/mol. The molecule has 0 aromatic heterocycles. The predicted octanol–water partition coefficient (Wildman–Crippen LogP) is -10.7. The van der Waals surface area contributed by atoms with Crippen molar-refractivity contribution in [1.82, 2.24) is 0 Å². The van der Waals surface area contributed by atoms with Crippen molar-refractivity contribution in [3.8, 4) is 0 Å². The molecule has 0 fully saturated rings. The fourth-order valence-electron chi connectivity index (χ4n) is 0. The van der Waals surface area contributed by atoms with Crippen LogP contribution in [0.4, 0.5) is 11.7 Å². The van der Waals surface area contributed by atoms with Crippen molar-refractivity contribution in [1.29, 1.82) is 0 Å². The molecule has 0 aromatic carbocycles. The first kappa shape index (κ1) is 36.5. The van der Waals surface area contributed by atoms with Crippen LogP contribution in [0.3, 0.4) is 0 Å². The van der Waals surface area contributed by atoms with Crippen molar-refractivity contribution >= 4 is 31.5 Å². The Kier molecular flexibility index (Phi) is 29.9. The van der Waals surface area contributed by atoms with Crippen LogP contribution in [-0.4, -0.2) is 38.9 Å². The second-order valence-corrected chi connectivity index (χ2v) is 3.54. The Balaban J connectivity index is -0.0000000277. The van der Waals surface area contributed by atoms with Gasteiger partial charge in [-0.05, 0) is 0 Å². The van der Waals surface area contributed by atoms with Crippen LogP contribution in [0.2, 0.25) is 0 Å². The summed E-state index contributed by atoms with van der Waals surface area (Å²) in [6.45, 7) is 0. The van der Waals surface area contributed by atoms with Crippen LogP contribution >= 0.6 is 0 Å². The molecule has 0 unspecified atom stereocenters. The van der Waals surface area contributed by atoms with Crippen molar-refractivity contribution in [2.45, 2.75) is 0 Å². The zero-order valence-corrected chi connectivity index (χ0v) is 11.5. The maximum atomic E-state index is 10.1. The second-order valence-electron chi connectivity index (χ2n) is 1.18. The number of rotatable bonds is 0. The maximum absolute atomic E-state index is 10.1. The minimum absolute atomic E-state index is 0. The summed E-state index contributed by atoms with van der Waals surface area (Å²) in [6.07, 6.45) is 0. The van der Waals surface area contributed by atoms with E-state index in [9.17, 15) is 11.7 Å². The fourth-order valence-corrected chi connectivity index (χ4v) is 0. The van der Waals surface area contributed by atoms with Crippen LogP contribution in [0.1, 0.15) is 0 Å².